The zero-order chi connectivity index (χ0) is 22.6. The molecule has 1 saturated heterocycles. The van der Waals surface area contributed by atoms with Crippen LogP contribution in [0.25, 0.3) is 11.0 Å². The Hall–Kier alpha value is -3.05. The van der Waals surface area contributed by atoms with Crippen LogP contribution in [0.1, 0.15) is 41.9 Å². The summed E-state index contributed by atoms with van der Waals surface area (Å²) in [6.45, 7) is 3.21. The molecule has 0 aliphatic carbocycles. The van der Waals surface area contributed by atoms with Crippen molar-refractivity contribution in [3.05, 3.63) is 101 Å². The minimum Gasteiger partial charge on any atom is -0.345 e. The predicted molar refractivity (Wildman–Crippen MR) is 128 cm³/mol. The first kappa shape index (κ1) is 21.8. The van der Waals surface area contributed by atoms with E-state index in [1.54, 1.807) is 6.33 Å². The molecule has 4 aromatic rings. The maximum absolute atomic E-state index is 13.5. The van der Waals surface area contributed by atoms with Crippen LogP contribution in [-0.2, 0) is 6.42 Å². The van der Waals surface area contributed by atoms with E-state index in [1.165, 1.54) is 29.8 Å². The van der Waals surface area contributed by atoms with Crippen LogP contribution in [0.4, 0.5) is 8.78 Å². The molecule has 0 radical (unpaired) electrons. The molecule has 0 atom stereocenters. The topological polar surface area (TPSA) is 31.9 Å². The Labute approximate surface area is 193 Å². The van der Waals surface area contributed by atoms with Crippen molar-refractivity contribution in [2.24, 2.45) is 5.92 Å². The van der Waals surface area contributed by atoms with Gasteiger partial charge in [-0.1, -0.05) is 30.3 Å². The van der Waals surface area contributed by atoms with Crippen LogP contribution in [0, 0.1) is 17.6 Å². The normalized spacial score (nSPS) is 15.5. The number of piperidine rings is 1. The van der Waals surface area contributed by atoms with E-state index in [4.69, 9.17) is 0 Å². The van der Waals surface area contributed by atoms with Gasteiger partial charge in [-0.15, -0.1) is 0 Å². The number of aryl methyl sites for hydroxylation is 1. The summed E-state index contributed by atoms with van der Waals surface area (Å²) in [7, 11) is 0. The van der Waals surface area contributed by atoms with Crippen molar-refractivity contribution in [1.82, 2.24) is 14.9 Å². The van der Waals surface area contributed by atoms with E-state index in [2.05, 4.69) is 33.1 Å². The largest absolute Gasteiger partial charge is 0.345 e. The van der Waals surface area contributed by atoms with Crippen LogP contribution in [-0.4, -0.2) is 34.5 Å². The predicted octanol–water partition coefficient (Wildman–Crippen LogP) is 6.32. The number of imidazole rings is 1. The first-order valence-electron chi connectivity index (χ1n) is 11.8. The molecule has 3 aromatic carbocycles. The Bertz CT molecular complexity index is 1130. The minimum atomic E-state index is -0.224. The lowest BCUT2D eigenvalue weighted by molar-refractivity contribution is 0.173. The summed E-state index contributed by atoms with van der Waals surface area (Å²) in [5, 5.41) is 0. The quantitative estimate of drug-likeness (QED) is 0.361. The van der Waals surface area contributed by atoms with Gasteiger partial charge in [-0.2, -0.15) is 0 Å². The second-order valence-electron chi connectivity index (χ2n) is 9.12. The van der Waals surface area contributed by atoms with Gasteiger partial charge in [0.25, 0.3) is 0 Å². The zero-order valence-corrected chi connectivity index (χ0v) is 18.7. The van der Waals surface area contributed by atoms with Gasteiger partial charge in [0.2, 0.25) is 0 Å². The maximum Gasteiger partial charge on any atom is 0.123 e. The fourth-order valence-electron chi connectivity index (χ4n) is 5.23. The number of rotatable bonds is 7. The number of hydrogen-bond acceptors (Lipinski definition) is 2. The van der Waals surface area contributed by atoms with Gasteiger partial charge in [0.15, 0.2) is 0 Å². The molecule has 170 valence electrons. The average Bonchev–Trinajstić information content (AvgIpc) is 3.31. The molecule has 1 aromatic heterocycles. The SMILES string of the molecule is Fc1ccc(C(c2ccc(F)cc2)C2CCN(CCCc3ccc4nc[nH]c4c3)CC2)cc1. The van der Waals surface area contributed by atoms with Gasteiger partial charge in [0.05, 0.1) is 17.4 Å². The molecule has 5 heteroatoms. The fourth-order valence-corrected chi connectivity index (χ4v) is 5.23. The van der Waals surface area contributed by atoms with Crippen molar-refractivity contribution in [3.63, 3.8) is 0 Å². The molecule has 0 unspecified atom stereocenters. The third-order valence-corrected chi connectivity index (χ3v) is 6.99. The van der Waals surface area contributed by atoms with Gasteiger partial charge in [-0.05, 0) is 104 Å². The van der Waals surface area contributed by atoms with Crippen LogP contribution in [0.5, 0.6) is 0 Å². The highest BCUT2D eigenvalue weighted by atomic mass is 19.1. The summed E-state index contributed by atoms with van der Waals surface area (Å²) in [5.74, 6) is 0.172. The number of fused-ring (bicyclic) bond motifs is 1. The van der Waals surface area contributed by atoms with E-state index in [0.29, 0.717) is 5.92 Å². The molecular formula is C28H29F2N3. The molecule has 1 aliphatic heterocycles. The average molecular weight is 446 g/mol. The number of hydrogen-bond donors (Lipinski definition) is 1. The van der Waals surface area contributed by atoms with Crippen molar-refractivity contribution >= 4 is 11.0 Å². The van der Waals surface area contributed by atoms with Crippen LogP contribution in [0.15, 0.2) is 73.1 Å². The molecular weight excluding hydrogens is 416 g/mol. The molecule has 0 bridgehead atoms. The molecule has 5 rings (SSSR count). The highest BCUT2D eigenvalue weighted by molar-refractivity contribution is 5.75. The van der Waals surface area contributed by atoms with Gasteiger partial charge in [-0.25, -0.2) is 13.8 Å². The lowest BCUT2D eigenvalue weighted by Gasteiger charge is -2.36. The van der Waals surface area contributed by atoms with Gasteiger partial charge in [0.1, 0.15) is 11.6 Å². The van der Waals surface area contributed by atoms with Crippen molar-refractivity contribution in [2.75, 3.05) is 19.6 Å². The highest BCUT2D eigenvalue weighted by Gasteiger charge is 2.29. The summed E-state index contributed by atoms with van der Waals surface area (Å²) in [6, 6.07) is 20.1. The summed E-state index contributed by atoms with van der Waals surface area (Å²) in [5.41, 5.74) is 5.67. The Kier molecular flexibility index (Phi) is 6.49. The summed E-state index contributed by atoms with van der Waals surface area (Å²) >= 11 is 0. The van der Waals surface area contributed by atoms with Gasteiger partial charge in [-0.3, -0.25) is 0 Å². The van der Waals surface area contributed by atoms with Crippen molar-refractivity contribution in [1.29, 1.82) is 0 Å². The van der Waals surface area contributed by atoms with E-state index >= 15 is 0 Å². The number of H-pyrrole nitrogens is 1. The van der Waals surface area contributed by atoms with E-state index in [9.17, 15) is 8.78 Å². The molecule has 0 saturated carbocycles. The Morgan fingerprint density at radius 3 is 2.15 bits per heavy atom. The fraction of sp³-hybridized carbons (Fsp3) is 0.321. The molecule has 2 heterocycles. The first-order chi connectivity index (χ1) is 16.2. The summed E-state index contributed by atoms with van der Waals surface area (Å²) in [6.07, 6.45) is 6.09. The third-order valence-electron chi connectivity index (χ3n) is 6.99. The number of benzene rings is 3. The number of aromatic amines is 1. The molecule has 0 amide bonds. The smallest absolute Gasteiger partial charge is 0.123 e. The number of likely N-dealkylation sites (tertiary alicyclic amines) is 1. The standard InChI is InChI=1S/C28H29F2N3/c29-24-8-4-21(5-9-24)28(22-6-10-25(30)11-7-22)23-13-16-33(17-14-23)15-1-2-20-3-12-26-27(18-20)32-19-31-26/h3-12,18-19,23,28H,1-2,13-17H2,(H,31,32). The maximum atomic E-state index is 13.5. The van der Waals surface area contributed by atoms with Crippen LogP contribution >= 0.6 is 0 Å². The van der Waals surface area contributed by atoms with E-state index in [-0.39, 0.29) is 17.6 Å². The zero-order valence-electron chi connectivity index (χ0n) is 18.7. The van der Waals surface area contributed by atoms with Crippen LogP contribution in [0.3, 0.4) is 0 Å². The lowest BCUT2D eigenvalue weighted by Crippen LogP contribution is -2.36. The number of nitrogens with zero attached hydrogens (tertiary/aromatic N) is 2. The van der Waals surface area contributed by atoms with Crippen LogP contribution in [0.2, 0.25) is 0 Å². The number of nitrogens with one attached hydrogen (secondary N) is 1. The summed E-state index contributed by atoms with van der Waals surface area (Å²) < 4.78 is 27.1. The second kappa shape index (κ2) is 9.84. The Balaban J connectivity index is 1.20. The van der Waals surface area contributed by atoms with Crippen molar-refractivity contribution in [3.8, 4) is 0 Å². The molecule has 3 nitrogen and oxygen atoms in total. The Morgan fingerprint density at radius 1 is 0.879 bits per heavy atom. The first-order valence-corrected chi connectivity index (χ1v) is 11.8. The molecule has 1 fully saturated rings. The van der Waals surface area contributed by atoms with E-state index < -0.39 is 0 Å². The highest BCUT2D eigenvalue weighted by Crippen LogP contribution is 2.38. The molecule has 1 N–H and O–H groups in total. The number of halogens is 2. The van der Waals surface area contributed by atoms with Gasteiger partial charge < -0.3 is 9.88 Å². The van der Waals surface area contributed by atoms with Crippen molar-refractivity contribution in [2.45, 2.75) is 31.6 Å². The lowest BCUT2D eigenvalue weighted by atomic mass is 9.76. The molecule has 0 spiro atoms. The summed E-state index contributed by atoms with van der Waals surface area (Å²) in [4.78, 5) is 10.0. The van der Waals surface area contributed by atoms with E-state index in [0.717, 1.165) is 67.5 Å². The second-order valence-corrected chi connectivity index (χ2v) is 9.12. The van der Waals surface area contributed by atoms with Gasteiger partial charge >= 0.3 is 0 Å². The monoisotopic (exact) mass is 445 g/mol. The van der Waals surface area contributed by atoms with Crippen molar-refractivity contribution < 1.29 is 8.78 Å². The molecule has 1 aliphatic rings. The van der Waals surface area contributed by atoms with Gasteiger partial charge in [0, 0.05) is 5.92 Å². The van der Waals surface area contributed by atoms with E-state index in [1.807, 2.05) is 24.3 Å². The minimum absolute atomic E-state index is 0.162. The Morgan fingerprint density at radius 2 is 1.52 bits per heavy atom. The molecule has 33 heavy (non-hydrogen) atoms. The van der Waals surface area contributed by atoms with Crippen LogP contribution < -0.4 is 0 Å². The number of aromatic nitrogens is 2. The third kappa shape index (κ3) is 5.14.